The van der Waals surface area contributed by atoms with E-state index in [1.54, 1.807) is 37.7 Å². The maximum absolute atomic E-state index is 14.8. The molecule has 0 spiro atoms. The summed E-state index contributed by atoms with van der Waals surface area (Å²) >= 11 is 0. The lowest BCUT2D eigenvalue weighted by Gasteiger charge is -2.35. The molecule has 1 amide bonds. The minimum atomic E-state index is -1.24. The van der Waals surface area contributed by atoms with Crippen LogP contribution in [-0.2, 0) is 4.74 Å². The highest BCUT2D eigenvalue weighted by molar-refractivity contribution is 5.68. The molecule has 160 valence electrons. The fraction of sp³-hybridized carbons (Fsp3) is 0.700. The summed E-state index contributed by atoms with van der Waals surface area (Å²) < 4.78 is 21.9. The molecule has 8 nitrogen and oxygen atoms in total. The second kappa shape index (κ2) is 8.12. The van der Waals surface area contributed by atoms with E-state index in [1.807, 2.05) is 0 Å². The quantitative estimate of drug-likeness (QED) is 0.834. The van der Waals surface area contributed by atoms with Crippen molar-refractivity contribution in [3.63, 3.8) is 0 Å². The van der Waals surface area contributed by atoms with Crippen LogP contribution < -0.4 is 5.32 Å². The number of nitrogens with one attached hydrogen (secondary N) is 1. The maximum atomic E-state index is 14.8. The van der Waals surface area contributed by atoms with Gasteiger partial charge in [-0.05, 0) is 33.1 Å². The summed E-state index contributed by atoms with van der Waals surface area (Å²) in [6, 6.07) is -0.472. The number of piperidine rings is 1. The number of rotatable bonds is 4. The molecule has 0 bridgehead atoms. The summed E-state index contributed by atoms with van der Waals surface area (Å²) in [6.07, 6.45) is 2.15. The van der Waals surface area contributed by atoms with Gasteiger partial charge in [0.25, 0.3) is 0 Å². The van der Waals surface area contributed by atoms with E-state index in [0.717, 1.165) is 11.3 Å². The number of hydrogen-bond acceptors (Lipinski definition) is 6. The molecule has 0 saturated carbocycles. The van der Waals surface area contributed by atoms with Crippen molar-refractivity contribution in [2.75, 3.05) is 18.4 Å². The van der Waals surface area contributed by atoms with Crippen molar-refractivity contribution in [3.8, 4) is 0 Å². The van der Waals surface area contributed by atoms with Crippen LogP contribution in [0.15, 0.2) is 12.4 Å². The summed E-state index contributed by atoms with van der Waals surface area (Å²) in [5.41, 5.74) is 0.200. The summed E-state index contributed by atoms with van der Waals surface area (Å²) in [5, 5.41) is 7.62. The van der Waals surface area contributed by atoms with Crippen molar-refractivity contribution >= 4 is 17.6 Å². The summed E-state index contributed by atoms with van der Waals surface area (Å²) in [4.78, 5) is 22.4. The molecule has 3 unspecified atom stereocenters. The Morgan fingerprint density at radius 1 is 1.28 bits per heavy atom. The second-order valence-corrected chi connectivity index (χ2v) is 9.05. The van der Waals surface area contributed by atoms with E-state index in [9.17, 15) is 9.18 Å². The molecule has 0 aliphatic carbocycles. The Hall–Kier alpha value is -2.45. The topological polar surface area (TPSA) is 84.7 Å². The van der Waals surface area contributed by atoms with Gasteiger partial charge < -0.3 is 15.0 Å². The van der Waals surface area contributed by atoms with Gasteiger partial charge in [0.2, 0.25) is 5.95 Å². The van der Waals surface area contributed by atoms with Gasteiger partial charge in [-0.25, -0.2) is 23.7 Å². The van der Waals surface area contributed by atoms with Crippen molar-refractivity contribution in [1.29, 1.82) is 0 Å². The van der Waals surface area contributed by atoms with Gasteiger partial charge in [0.15, 0.2) is 0 Å². The van der Waals surface area contributed by atoms with E-state index in [-0.39, 0.29) is 12.5 Å². The van der Waals surface area contributed by atoms with Crippen LogP contribution in [0.5, 0.6) is 0 Å². The summed E-state index contributed by atoms with van der Waals surface area (Å²) in [6.45, 7) is 12.2. The molecule has 3 rings (SSSR count). The smallest absolute Gasteiger partial charge is 0.410 e. The van der Waals surface area contributed by atoms with E-state index in [4.69, 9.17) is 4.74 Å². The van der Waals surface area contributed by atoms with E-state index < -0.39 is 23.9 Å². The van der Waals surface area contributed by atoms with E-state index in [2.05, 4.69) is 41.2 Å². The normalized spacial score (nSPS) is 21.4. The molecule has 3 atom stereocenters. The number of nitrogens with zero attached hydrogens (tertiary/aromatic N) is 5. The lowest BCUT2D eigenvalue weighted by molar-refractivity contribution is 0.0125. The Morgan fingerprint density at radius 3 is 2.59 bits per heavy atom. The zero-order chi connectivity index (χ0) is 21.3. The van der Waals surface area contributed by atoms with Crippen molar-refractivity contribution in [2.45, 2.75) is 71.7 Å². The Labute approximate surface area is 170 Å². The molecule has 1 aliphatic heterocycles. The monoisotopic (exact) mass is 406 g/mol. The zero-order valence-corrected chi connectivity index (χ0v) is 18.0. The van der Waals surface area contributed by atoms with E-state index in [0.29, 0.717) is 24.8 Å². The minimum Gasteiger partial charge on any atom is -0.444 e. The zero-order valence-electron chi connectivity index (χ0n) is 18.0. The number of carbonyl (C=O) groups is 1. The van der Waals surface area contributed by atoms with Gasteiger partial charge in [0, 0.05) is 12.5 Å². The van der Waals surface area contributed by atoms with Crippen molar-refractivity contribution in [3.05, 3.63) is 18.2 Å². The highest BCUT2D eigenvalue weighted by Gasteiger charge is 2.34. The highest BCUT2D eigenvalue weighted by Crippen LogP contribution is 2.24. The molecule has 0 radical (unpaired) electrons. The third kappa shape index (κ3) is 4.94. The number of likely N-dealkylation sites (tertiary alicyclic amines) is 1. The van der Waals surface area contributed by atoms with E-state index in [1.165, 1.54) is 4.90 Å². The fourth-order valence-electron chi connectivity index (χ4n) is 3.22. The number of carbonyl (C=O) groups excluding carboxylic acids is 1. The van der Waals surface area contributed by atoms with Crippen molar-refractivity contribution < 1.29 is 13.9 Å². The second-order valence-electron chi connectivity index (χ2n) is 9.05. The standard InChI is InChI=1S/C20H31FN6O2/c1-12(2)13(3)17-22-9-14-10-23-18(25-27(14)17)24-16-7-8-26(11-15(16)21)19(28)29-20(4,5)6/h9-10,12-13,15-16H,7-8,11H2,1-6H3,(H,24,25). The number of hydrogen-bond donors (Lipinski definition) is 1. The van der Waals surface area contributed by atoms with Crippen LogP contribution in [0.3, 0.4) is 0 Å². The molecule has 3 heterocycles. The van der Waals surface area contributed by atoms with Gasteiger partial charge in [-0.3, -0.25) is 0 Å². The van der Waals surface area contributed by atoms with Gasteiger partial charge in [-0.2, -0.15) is 0 Å². The van der Waals surface area contributed by atoms with Crippen LogP contribution in [0.25, 0.3) is 5.52 Å². The number of amides is 1. The molecule has 1 N–H and O–H groups in total. The first-order valence-electron chi connectivity index (χ1n) is 10.1. The first-order chi connectivity index (χ1) is 13.5. The average Bonchev–Trinajstić information content (AvgIpc) is 3.04. The molecule has 0 aromatic carbocycles. The van der Waals surface area contributed by atoms with Crippen LogP contribution in [0.2, 0.25) is 0 Å². The summed E-state index contributed by atoms with van der Waals surface area (Å²) in [5.74, 6) is 1.86. The molecule has 9 heteroatoms. The minimum absolute atomic E-state index is 0.0183. The van der Waals surface area contributed by atoms with Crippen molar-refractivity contribution in [1.82, 2.24) is 24.5 Å². The van der Waals surface area contributed by atoms with Crippen LogP contribution in [-0.4, -0.2) is 61.5 Å². The predicted octanol–water partition coefficient (Wildman–Crippen LogP) is 3.64. The largest absolute Gasteiger partial charge is 0.444 e. The van der Waals surface area contributed by atoms with E-state index >= 15 is 0 Å². The fourth-order valence-corrected chi connectivity index (χ4v) is 3.22. The summed E-state index contributed by atoms with van der Waals surface area (Å²) in [7, 11) is 0. The Kier molecular flexibility index (Phi) is 5.95. The van der Waals surface area contributed by atoms with Crippen LogP contribution >= 0.6 is 0 Å². The maximum Gasteiger partial charge on any atom is 0.410 e. The molecule has 2 aromatic heterocycles. The Bertz CT molecular complexity index is 862. The SMILES string of the molecule is CC(C)C(C)c1ncc2cnc(NC3CCN(C(=O)OC(C)(C)C)CC3F)nn12. The first kappa shape index (κ1) is 21.3. The van der Waals surface area contributed by atoms with Crippen LogP contribution in [0.1, 0.15) is 59.7 Å². The predicted molar refractivity (Wildman–Crippen MR) is 109 cm³/mol. The molecule has 2 aromatic rings. The lowest BCUT2D eigenvalue weighted by Crippen LogP contribution is -2.51. The van der Waals surface area contributed by atoms with Crippen molar-refractivity contribution in [2.24, 2.45) is 5.92 Å². The molecule has 1 aliphatic rings. The van der Waals surface area contributed by atoms with Gasteiger partial charge >= 0.3 is 6.09 Å². The highest BCUT2D eigenvalue weighted by atomic mass is 19.1. The lowest BCUT2D eigenvalue weighted by atomic mass is 9.98. The number of aromatic nitrogens is 4. The Balaban J connectivity index is 1.68. The van der Waals surface area contributed by atoms with Crippen LogP contribution in [0, 0.1) is 5.92 Å². The number of halogens is 1. The van der Waals surface area contributed by atoms with Gasteiger partial charge in [0.1, 0.15) is 23.1 Å². The molecular weight excluding hydrogens is 375 g/mol. The molecular formula is C20H31FN6O2. The number of ether oxygens (including phenoxy) is 1. The third-order valence-corrected chi connectivity index (χ3v) is 5.22. The Morgan fingerprint density at radius 2 is 1.97 bits per heavy atom. The van der Waals surface area contributed by atoms with Gasteiger partial charge in [-0.15, -0.1) is 5.10 Å². The molecule has 29 heavy (non-hydrogen) atoms. The van der Waals surface area contributed by atoms with Gasteiger partial charge in [0.05, 0.1) is 25.0 Å². The molecule has 1 fully saturated rings. The van der Waals surface area contributed by atoms with Crippen LogP contribution in [0.4, 0.5) is 15.1 Å². The number of anilines is 1. The first-order valence-corrected chi connectivity index (χ1v) is 10.1. The average molecular weight is 407 g/mol. The number of alkyl halides is 1. The third-order valence-electron chi connectivity index (χ3n) is 5.22. The van der Waals surface area contributed by atoms with Gasteiger partial charge in [-0.1, -0.05) is 20.8 Å². The number of fused-ring (bicyclic) bond motifs is 1. The number of imidazole rings is 1. The molecule has 1 saturated heterocycles.